The van der Waals surface area contributed by atoms with E-state index >= 15 is 0 Å². The van der Waals surface area contributed by atoms with Gasteiger partial charge in [0, 0.05) is 31.4 Å². The zero-order valence-corrected chi connectivity index (χ0v) is 18.4. The molecule has 1 aromatic heterocycles. The number of nitrogens with zero attached hydrogens (tertiary/aromatic N) is 2. The van der Waals surface area contributed by atoms with Crippen LogP contribution in [0.3, 0.4) is 0 Å². The molecule has 2 atom stereocenters. The number of halogens is 3. The smallest absolute Gasteiger partial charge is 0.376 e. The average molecular weight is 463 g/mol. The van der Waals surface area contributed by atoms with E-state index in [0.29, 0.717) is 29.5 Å². The van der Waals surface area contributed by atoms with Gasteiger partial charge in [0.15, 0.2) is 5.60 Å². The van der Waals surface area contributed by atoms with E-state index in [-0.39, 0.29) is 11.6 Å². The van der Waals surface area contributed by atoms with Crippen LogP contribution >= 0.6 is 11.3 Å². The SMILES string of the molecule is CCC[C@H]1CN(S(=O)(=O)c2cccs2)CCN1c1ccc([C@@](C)(O)C(F)(F)F)cc1. The lowest BCUT2D eigenvalue weighted by molar-refractivity contribution is -0.258. The second kappa shape index (κ2) is 8.49. The zero-order valence-electron chi connectivity index (χ0n) is 16.8. The number of benzene rings is 1. The number of piperazine rings is 1. The predicted molar refractivity (Wildman–Crippen MR) is 111 cm³/mol. The lowest BCUT2D eigenvalue weighted by Gasteiger charge is -2.42. The third-order valence-corrected chi connectivity index (χ3v) is 8.71. The van der Waals surface area contributed by atoms with Crippen molar-refractivity contribution >= 4 is 27.0 Å². The van der Waals surface area contributed by atoms with Crippen LogP contribution in [-0.4, -0.2) is 49.7 Å². The molecule has 0 spiro atoms. The van der Waals surface area contributed by atoms with E-state index in [2.05, 4.69) is 0 Å². The molecule has 30 heavy (non-hydrogen) atoms. The molecule has 0 radical (unpaired) electrons. The first-order valence-electron chi connectivity index (χ1n) is 9.68. The van der Waals surface area contributed by atoms with Crippen molar-refractivity contribution in [2.24, 2.45) is 0 Å². The van der Waals surface area contributed by atoms with Crippen LogP contribution in [0.2, 0.25) is 0 Å². The first-order valence-corrected chi connectivity index (χ1v) is 12.0. The van der Waals surface area contributed by atoms with Gasteiger partial charge in [0.05, 0.1) is 0 Å². The summed E-state index contributed by atoms with van der Waals surface area (Å²) in [5.41, 5.74) is -2.45. The van der Waals surface area contributed by atoms with Gasteiger partial charge in [-0.25, -0.2) is 8.42 Å². The summed E-state index contributed by atoms with van der Waals surface area (Å²) in [6.45, 7) is 3.79. The summed E-state index contributed by atoms with van der Waals surface area (Å²) in [5.74, 6) is 0. The summed E-state index contributed by atoms with van der Waals surface area (Å²) in [4.78, 5) is 2.04. The van der Waals surface area contributed by atoms with E-state index in [1.807, 2.05) is 11.8 Å². The van der Waals surface area contributed by atoms with Gasteiger partial charge in [0.1, 0.15) is 4.21 Å². The van der Waals surface area contributed by atoms with Gasteiger partial charge in [0.25, 0.3) is 10.0 Å². The minimum absolute atomic E-state index is 0.0903. The van der Waals surface area contributed by atoms with Crippen molar-refractivity contribution in [3.63, 3.8) is 0 Å². The number of aliphatic hydroxyl groups is 1. The molecule has 1 aliphatic heterocycles. The van der Waals surface area contributed by atoms with Crippen molar-refractivity contribution in [1.29, 1.82) is 0 Å². The summed E-state index contributed by atoms with van der Waals surface area (Å²) in [6.07, 6.45) is -3.19. The second-order valence-electron chi connectivity index (χ2n) is 7.55. The fraction of sp³-hybridized carbons (Fsp3) is 0.500. The number of hydrogen-bond donors (Lipinski definition) is 1. The van der Waals surface area contributed by atoms with E-state index in [1.54, 1.807) is 29.6 Å². The normalized spacial score (nSPS) is 20.9. The molecule has 2 aromatic rings. The van der Waals surface area contributed by atoms with Crippen LogP contribution in [0.4, 0.5) is 18.9 Å². The van der Waals surface area contributed by atoms with E-state index in [1.165, 1.54) is 27.8 Å². The quantitative estimate of drug-likeness (QED) is 0.699. The molecule has 0 unspecified atom stereocenters. The second-order valence-corrected chi connectivity index (χ2v) is 10.7. The highest BCUT2D eigenvalue weighted by Crippen LogP contribution is 2.39. The Bertz CT molecular complexity index is 943. The minimum atomic E-state index is -4.78. The van der Waals surface area contributed by atoms with Gasteiger partial charge in [-0.05, 0) is 42.5 Å². The highest BCUT2D eigenvalue weighted by Gasteiger charge is 2.51. The standard InChI is InChI=1S/C20H25F3N2O3S2/c1-3-5-17-14-24(30(27,28)18-6-4-13-29-18)11-12-25(17)16-9-7-15(8-10-16)19(2,26)20(21,22)23/h4,6-10,13,17,26H,3,5,11-12,14H2,1-2H3/t17-,19+/m0/s1. The molecule has 1 aromatic carbocycles. The Hall–Kier alpha value is -1.62. The molecule has 10 heteroatoms. The Morgan fingerprint density at radius 1 is 1.17 bits per heavy atom. The Morgan fingerprint density at radius 3 is 2.37 bits per heavy atom. The lowest BCUT2D eigenvalue weighted by Crippen LogP contribution is -2.54. The molecular formula is C20H25F3N2O3S2. The largest absolute Gasteiger partial charge is 0.421 e. The van der Waals surface area contributed by atoms with Crippen LogP contribution in [0.25, 0.3) is 0 Å². The fourth-order valence-electron chi connectivity index (χ4n) is 3.64. The first-order chi connectivity index (χ1) is 14.0. The molecule has 1 saturated heterocycles. The molecule has 1 N–H and O–H groups in total. The minimum Gasteiger partial charge on any atom is -0.376 e. The summed E-state index contributed by atoms with van der Waals surface area (Å²) in [5, 5.41) is 11.6. The molecule has 166 valence electrons. The maximum Gasteiger partial charge on any atom is 0.421 e. The lowest BCUT2D eigenvalue weighted by atomic mass is 9.95. The van der Waals surface area contributed by atoms with Gasteiger partial charge in [-0.2, -0.15) is 17.5 Å². The summed E-state index contributed by atoms with van der Waals surface area (Å²) in [7, 11) is -3.55. The van der Waals surface area contributed by atoms with Crippen molar-refractivity contribution in [3.05, 3.63) is 47.3 Å². The molecule has 1 fully saturated rings. The molecule has 5 nitrogen and oxygen atoms in total. The summed E-state index contributed by atoms with van der Waals surface area (Å²) >= 11 is 1.18. The Morgan fingerprint density at radius 2 is 1.83 bits per heavy atom. The van der Waals surface area contributed by atoms with Crippen molar-refractivity contribution in [3.8, 4) is 0 Å². The van der Waals surface area contributed by atoms with E-state index in [4.69, 9.17) is 0 Å². The molecule has 0 saturated carbocycles. The topological polar surface area (TPSA) is 60.9 Å². The number of thiophene rings is 1. The maximum atomic E-state index is 13.1. The highest BCUT2D eigenvalue weighted by molar-refractivity contribution is 7.91. The van der Waals surface area contributed by atoms with Crippen LogP contribution in [0.5, 0.6) is 0 Å². The third kappa shape index (κ3) is 4.37. The molecular weight excluding hydrogens is 437 g/mol. The first kappa shape index (κ1) is 23.1. The summed E-state index contributed by atoms with van der Waals surface area (Å²) < 4.78 is 66.8. The molecule has 0 bridgehead atoms. The average Bonchev–Trinajstić information content (AvgIpc) is 3.23. The Labute approximate surface area is 178 Å². The van der Waals surface area contributed by atoms with Crippen molar-refractivity contribution in [1.82, 2.24) is 4.31 Å². The fourth-order valence-corrected chi connectivity index (χ4v) is 6.26. The zero-order chi connectivity index (χ0) is 22.2. The van der Waals surface area contributed by atoms with Gasteiger partial charge >= 0.3 is 6.18 Å². The van der Waals surface area contributed by atoms with Gasteiger partial charge in [-0.15, -0.1) is 11.3 Å². The predicted octanol–water partition coefficient (Wildman–Crippen LogP) is 4.20. The van der Waals surface area contributed by atoms with Crippen LogP contribution in [0.15, 0.2) is 46.0 Å². The Kier molecular flexibility index (Phi) is 6.52. The van der Waals surface area contributed by atoms with E-state index in [9.17, 15) is 26.7 Å². The number of hydrogen-bond acceptors (Lipinski definition) is 5. The highest BCUT2D eigenvalue weighted by atomic mass is 32.2. The molecule has 3 rings (SSSR count). The van der Waals surface area contributed by atoms with Gasteiger partial charge in [-0.3, -0.25) is 0 Å². The molecule has 1 aliphatic rings. The van der Waals surface area contributed by atoms with Crippen molar-refractivity contribution in [2.75, 3.05) is 24.5 Å². The number of anilines is 1. The van der Waals surface area contributed by atoms with Gasteiger partial charge < -0.3 is 10.0 Å². The van der Waals surface area contributed by atoms with Crippen LogP contribution in [0.1, 0.15) is 32.3 Å². The summed E-state index contributed by atoms with van der Waals surface area (Å²) in [6, 6.07) is 8.87. The Balaban J connectivity index is 1.82. The number of rotatable bonds is 6. The maximum absolute atomic E-state index is 13.1. The molecule has 0 aliphatic carbocycles. The van der Waals surface area contributed by atoms with Gasteiger partial charge in [0.2, 0.25) is 0 Å². The third-order valence-electron chi connectivity index (χ3n) is 5.47. The van der Waals surface area contributed by atoms with Crippen LogP contribution in [-0.2, 0) is 15.6 Å². The molecule has 2 heterocycles. The van der Waals surface area contributed by atoms with E-state index < -0.39 is 21.8 Å². The van der Waals surface area contributed by atoms with Crippen molar-refractivity contribution in [2.45, 2.75) is 48.7 Å². The monoisotopic (exact) mass is 462 g/mol. The molecule has 0 amide bonds. The van der Waals surface area contributed by atoms with Crippen LogP contribution in [0, 0.1) is 0 Å². The van der Waals surface area contributed by atoms with Gasteiger partial charge in [-0.1, -0.05) is 31.5 Å². The number of alkyl halides is 3. The van der Waals surface area contributed by atoms with Crippen molar-refractivity contribution < 1.29 is 26.7 Å². The van der Waals surface area contributed by atoms with E-state index in [0.717, 1.165) is 19.8 Å². The van der Waals surface area contributed by atoms with Crippen LogP contribution < -0.4 is 4.90 Å². The number of sulfonamides is 1.